The Balaban J connectivity index is 2.35. The first-order valence-corrected chi connectivity index (χ1v) is 5.32. The number of carbonyl (C=O) groups is 2. The lowest BCUT2D eigenvalue weighted by Crippen LogP contribution is -2.17. The van der Waals surface area contributed by atoms with E-state index in [2.05, 4.69) is 0 Å². The fourth-order valence-corrected chi connectivity index (χ4v) is 1.95. The largest absolute Gasteiger partial charge is 0.504 e. The molecule has 2 atom stereocenters. The molecule has 0 aromatic heterocycles. The molecule has 18 heavy (non-hydrogen) atoms. The summed E-state index contributed by atoms with van der Waals surface area (Å²) in [6.07, 6.45) is -0.993. The SMILES string of the molecule is COc1cc(C2OC(=O)CC2C(=O)O)ccc1O. The number of phenolic OH excluding ortho intramolecular Hbond substituents is 1. The Bertz CT molecular complexity index is 495. The smallest absolute Gasteiger partial charge is 0.311 e. The number of esters is 1. The lowest BCUT2D eigenvalue weighted by molar-refractivity contribution is -0.144. The van der Waals surface area contributed by atoms with Gasteiger partial charge in [-0.05, 0) is 17.7 Å². The number of aliphatic carboxylic acids is 1. The first-order valence-electron chi connectivity index (χ1n) is 5.32. The molecule has 0 aliphatic carbocycles. The molecule has 96 valence electrons. The van der Waals surface area contributed by atoms with Gasteiger partial charge in [-0.25, -0.2) is 0 Å². The van der Waals surface area contributed by atoms with Gasteiger partial charge < -0.3 is 19.7 Å². The van der Waals surface area contributed by atoms with Crippen molar-refractivity contribution in [1.82, 2.24) is 0 Å². The van der Waals surface area contributed by atoms with Gasteiger partial charge in [-0.3, -0.25) is 9.59 Å². The van der Waals surface area contributed by atoms with Crippen molar-refractivity contribution in [1.29, 1.82) is 0 Å². The zero-order valence-corrected chi connectivity index (χ0v) is 9.62. The normalized spacial score (nSPS) is 22.6. The van der Waals surface area contributed by atoms with Crippen LogP contribution in [0.5, 0.6) is 11.5 Å². The zero-order chi connectivity index (χ0) is 13.3. The molecule has 1 heterocycles. The second-order valence-corrected chi connectivity index (χ2v) is 3.99. The van der Waals surface area contributed by atoms with Crippen LogP contribution in [0.4, 0.5) is 0 Å². The Morgan fingerprint density at radius 2 is 2.22 bits per heavy atom. The third kappa shape index (κ3) is 2.09. The summed E-state index contributed by atoms with van der Waals surface area (Å²) in [5.74, 6) is -2.39. The van der Waals surface area contributed by atoms with Crippen LogP contribution in [0, 0.1) is 5.92 Å². The highest BCUT2D eigenvalue weighted by molar-refractivity contribution is 5.82. The summed E-state index contributed by atoms with van der Waals surface area (Å²) in [6, 6.07) is 4.35. The van der Waals surface area contributed by atoms with Gasteiger partial charge in [0.2, 0.25) is 0 Å². The number of hydrogen-bond donors (Lipinski definition) is 2. The molecular weight excluding hydrogens is 240 g/mol. The van der Waals surface area contributed by atoms with E-state index < -0.39 is 24.0 Å². The number of phenols is 1. The topological polar surface area (TPSA) is 93.1 Å². The predicted octanol–water partition coefficient (Wildman–Crippen LogP) is 1.09. The highest BCUT2D eigenvalue weighted by atomic mass is 16.6. The molecule has 2 N–H and O–H groups in total. The van der Waals surface area contributed by atoms with Gasteiger partial charge in [0.1, 0.15) is 12.0 Å². The molecule has 2 unspecified atom stereocenters. The molecule has 2 rings (SSSR count). The van der Waals surface area contributed by atoms with Gasteiger partial charge in [-0.15, -0.1) is 0 Å². The first kappa shape index (κ1) is 12.2. The number of aromatic hydroxyl groups is 1. The summed E-state index contributed by atoms with van der Waals surface area (Å²) < 4.78 is 9.93. The van der Waals surface area contributed by atoms with E-state index in [4.69, 9.17) is 14.6 Å². The number of carboxylic acid groups (broad SMARTS) is 1. The summed E-state index contributed by atoms with van der Waals surface area (Å²) in [5, 5.41) is 18.5. The van der Waals surface area contributed by atoms with Crippen molar-refractivity contribution in [3.8, 4) is 11.5 Å². The van der Waals surface area contributed by atoms with Crippen LogP contribution in [0.2, 0.25) is 0 Å². The standard InChI is InChI=1S/C12H12O6/c1-17-9-4-6(2-3-8(9)13)11-7(12(15)16)5-10(14)18-11/h2-4,7,11,13H,5H2,1H3,(H,15,16). The molecule has 6 nitrogen and oxygen atoms in total. The van der Waals surface area contributed by atoms with Gasteiger partial charge in [-0.1, -0.05) is 6.07 Å². The summed E-state index contributed by atoms with van der Waals surface area (Å²) in [6.45, 7) is 0. The lowest BCUT2D eigenvalue weighted by Gasteiger charge is -2.15. The van der Waals surface area contributed by atoms with Gasteiger partial charge in [0.05, 0.1) is 13.5 Å². The minimum absolute atomic E-state index is 0.0579. The molecule has 0 bridgehead atoms. The van der Waals surface area contributed by atoms with Crippen LogP contribution in [-0.4, -0.2) is 29.3 Å². The summed E-state index contributed by atoms with van der Waals surface area (Å²) in [4.78, 5) is 22.2. The fourth-order valence-electron chi connectivity index (χ4n) is 1.95. The van der Waals surface area contributed by atoms with E-state index in [0.717, 1.165) is 0 Å². The average Bonchev–Trinajstić information content (AvgIpc) is 2.72. The molecule has 1 saturated heterocycles. The van der Waals surface area contributed by atoms with Gasteiger partial charge in [0.15, 0.2) is 11.5 Å². The van der Waals surface area contributed by atoms with Gasteiger partial charge >= 0.3 is 11.9 Å². The Hall–Kier alpha value is -2.24. The van der Waals surface area contributed by atoms with Crippen LogP contribution in [0.25, 0.3) is 0 Å². The summed E-state index contributed by atoms with van der Waals surface area (Å²) >= 11 is 0. The van der Waals surface area contributed by atoms with E-state index in [1.807, 2.05) is 0 Å². The van der Waals surface area contributed by atoms with Crippen molar-refractivity contribution >= 4 is 11.9 Å². The molecule has 1 aliphatic rings. The molecule has 0 amide bonds. The second-order valence-electron chi connectivity index (χ2n) is 3.99. The van der Waals surface area contributed by atoms with Crippen molar-refractivity contribution in [3.63, 3.8) is 0 Å². The van der Waals surface area contributed by atoms with Crippen LogP contribution in [-0.2, 0) is 14.3 Å². The summed E-state index contributed by atoms with van der Waals surface area (Å²) in [7, 11) is 1.38. The maximum atomic E-state index is 11.2. The minimum Gasteiger partial charge on any atom is -0.504 e. The molecule has 1 fully saturated rings. The van der Waals surface area contributed by atoms with Crippen molar-refractivity contribution in [2.75, 3.05) is 7.11 Å². The number of rotatable bonds is 3. The van der Waals surface area contributed by atoms with E-state index in [-0.39, 0.29) is 17.9 Å². The number of methoxy groups -OCH3 is 1. The van der Waals surface area contributed by atoms with Crippen LogP contribution in [0.3, 0.4) is 0 Å². The molecule has 0 radical (unpaired) electrons. The number of carboxylic acids is 1. The van der Waals surface area contributed by atoms with Crippen molar-refractivity contribution < 1.29 is 29.3 Å². The number of ether oxygens (including phenoxy) is 2. The van der Waals surface area contributed by atoms with E-state index in [1.54, 1.807) is 0 Å². The van der Waals surface area contributed by atoms with Crippen LogP contribution >= 0.6 is 0 Å². The first-order chi connectivity index (χ1) is 8.52. The third-order valence-corrected chi connectivity index (χ3v) is 2.86. The van der Waals surface area contributed by atoms with Gasteiger partial charge in [-0.2, -0.15) is 0 Å². The molecule has 0 saturated carbocycles. The zero-order valence-electron chi connectivity index (χ0n) is 9.62. The average molecular weight is 252 g/mol. The van der Waals surface area contributed by atoms with E-state index in [9.17, 15) is 14.7 Å². The quantitative estimate of drug-likeness (QED) is 0.782. The van der Waals surface area contributed by atoms with Crippen LogP contribution < -0.4 is 4.74 Å². The lowest BCUT2D eigenvalue weighted by atomic mass is 9.95. The number of hydrogen-bond acceptors (Lipinski definition) is 5. The highest BCUT2D eigenvalue weighted by Gasteiger charge is 2.41. The molecule has 6 heteroatoms. The van der Waals surface area contributed by atoms with E-state index >= 15 is 0 Å². The Labute approximate surface area is 103 Å². The van der Waals surface area contributed by atoms with Crippen molar-refractivity contribution in [2.24, 2.45) is 5.92 Å². The van der Waals surface area contributed by atoms with Crippen molar-refractivity contribution in [2.45, 2.75) is 12.5 Å². The minimum atomic E-state index is -1.09. The molecule has 0 spiro atoms. The Kier molecular flexibility index (Phi) is 3.10. The maximum absolute atomic E-state index is 11.2. The highest BCUT2D eigenvalue weighted by Crippen LogP contribution is 2.38. The van der Waals surface area contributed by atoms with E-state index in [1.165, 1.54) is 25.3 Å². The molecule has 1 aromatic rings. The molecule has 1 aromatic carbocycles. The third-order valence-electron chi connectivity index (χ3n) is 2.86. The number of carbonyl (C=O) groups excluding carboxylic acids is 1. The van der Waals surface area contributed by atoms with Gasteiger partial charge in [0, 0.05) is 0 Å². The molecule has 1 aliphatic heterocycles. The van der Waals surface area contributed by atoms with Crippen molar-refractivity contribution in [3.05, 3.63) is 23.8 Å². The monoisotopic (exact) mass is 252 g/mol. The predicted molar refractivity (Wildman–Crippen MR) is 59.2 cm³/mol. The van der Waals surface area contributed by atoms with Crippen LogP contribution in [0.1, 0.15) is 18.1 Å². The maximum Gasteiger partial charge on any atom is 0.311 e. The number of cyclic esters (lactones) is 1. The molecular formula is C12H12O6. The Morgan fingerprint density at radius 1 is 1.50 bits per heavy atom. The second kappa shape index (κ2) is 4.56. The van der Waals surface area contributed by atoms with E-state index in [0.29, 0.717) is 5.56 Å². The fraction of sp³-hybridized carbons (Fsp3) is 0.333. The summed E-state index contributed by atoms with van der Waals surface area (Å²) in [5.41, 5.74) is 0.489. The van der Waals surface area contributed by atoms with Gasteiger partial charge in [0.25, 0.3) is 0 Å². The van der Waals surface area contributed by atoms with Crippen LogP contribution in [0.15, 0.2) is 18.2 Å². The Morgan fingerprint density at radius 3 is 2.83 bits per heavy atom. The number of benzene rings is 1.